The van der Waals surface area contributed by atoms with Crippen molar-refractivity contribution in [3.05, 3.63) is 37.5 Å². The van der Waals surface area contributed by atoms with Crippen molar-refractivity contribution >= 4 is 185 Å². The van der Waals surface area contributed by atoms with E-state index in [0.29, 0.717) is 0 Å². The van der Waals surface area contributed by atoms with Gasteiger partial charge in [0.05, 0.1) is 19.6 Å². The molecule has 231 valence electrons. The third kappa shape index (κ3) is 13.6. The molecule has 0 fully saturated rings. The molecule has 0 unspecified atom stereocenters. The summed E-state index contributed by atoms with van der Waals surface area (Å²) in [6.07, 6.45) is 0. The normalized spacial score (nSPS) is 11.3. The van der Waals surface area contributed by atoms with Gasteiger partial charge in [0.25, 0.3) is 0 Å². The SMILES string of the molecule is O=C(O)CN(CCN(CC(=O)O)Cc1c(S)c(I)cc(I)c1S)CCN(CC(=O)O)Cc1c(S)c(I)cc(I)c1S.[Bi]. The predicted molar refractivity (Wildman–Crippen MR) is 208 cm³/mol. The minimum atomic E-state index is -1.04. The van der Waals surface area contributed by atoms with Crippen molar-refractivity contribution in [2.75, 3.05) is 45.8 Å². The first-order chi connectivity index (χ1) is 19.1. The van der Waals surface area contributed by atoms with Crippen LogP contribution in [0.5, 0.6) is 0 Å². The number of aliphatic carboxylic acids is 3. The minimum absolute atomic E-state index is 0. The zero-order chi connectivity index (χ0) is 31.0. The number of hydrogen-bond donors (Lipinski definition) is 7. The van der Waals surface area contributed by atoms with Crippen molar-refractivity contribution in [2.45, 2.75) is 32.7 Å². The number of nitrogens with zero attached hydrogens (tertiary/aromatic N) is 3. The van der Waals surface area contributed by atoms with Gasteiger partial charge in [-0.25, -0.2) is 0 Å². The largest absolute Gasteiger partial charge is 0.480 e. The van der Waals surface area contributed by atoms with Crippen molar-refractivity contribution in [3.63, 3.8) is 0 Å². The van der Waals surface area contributed by atoms with Gasteiger partial charge in [-0.05, 0) is 114 Å². The molecule has 0 heterocycles. The molecule has 0 saturated carbocycles. The quantitative estimate of drug-likeness (QED) is 0.0728. The summed E-state index contributed by atoms with van der Waals surface area (Å²) in [5.41, 5.74) is 1.59. The molecule has 0 aliphatic carbocycles. The van der Waals surface area contributed by atoms with Gasteiger partial charge >= 0.3 is 17.9 Å². The Labute approximate surface area is 340 Å². The molecule has 2 rings (SSSR count). The molecule has 0 atom stereocenters. The first-order valence-corrected chi connectivity index (χ1v) is 17.8. The van der Waals surface area contributed by atoms with Crippen LogP contribution < -0.4 is 0 Å². The van der Waals surface area contributed by atoms with Gasteiger partial charge in [-0.15, -0.1) is 50.5 Å². The van der Waals surface area contributed by atoms with Crippen LogP contribution in [0.15, 0.2) is 31.7 Å². The Morgan fingerprint density at radius 1 is 0.548 bits per heavy atom. The number of thiol groups is 4. The molecule has 3 radical (unpaired) electrons. The van der Waals surface area contributed by atoms with Gasteiger partial charge in [-0.1, -0.05) is 0 Å². The van der Waals surface area contributed by atoms with Crippen molar-refractivity contribution in [3.8, 4) is 0 Å². The van der Waals surface area contributed by atoms with Crippen LogP contribution in [0.2, 0.25) is 0 Å². The molecule has 0 saturated heterocycles. The van der Waals surface area contributed by atoms with E-state index in [0.717, 1.165) is 45.0 Å². The number of benzene rings is 2. The van der Waals surface area contributed by atoms with Crippen molar-refractivity contribution < 1.29 is 29.7 Å². The first kappa shape index (κ1) is 42.0. The molecule has 2 aromatic rings. The maximum atomic E-state index is 11.7. The molecule has 0 spiro atoms. The average Bonchev–Trinajstić information content (AvgIpc) is 2.86. The number of carboxylic acid groups (broad SMARTS) is 3. The summed E-state index contributed by atoms with van der Waals surface area (Å²) in [5.74, 6) is -3.06. The van der Waals surface area contributed by atoms with E-state index in [4.69, 9.17) is 0 Å². The molecule has 0 aromatic heterocycles. The maximum absolute atomic E-state index is 11.7. The van der Waals surface area contributed by atoms with Crippen molar-refractivity contribution in [1.29, 1.82) is 0 Å². The van der Waals surface area contributed by atoms with Gasteiger partial charge in [0.2, 0.25) is 0 Å². The molecule has 0 amide bonds. The Bertz CT molecular complexity index is 1170. The monoisotopic (exact) mass is 1300 g/mol. The smallest absolute Gasteiger partial charge is 0.317 e. The topological polar surface area (TPSA) is 122 Å². The van der Waals surface area contributed by atoms with Crippen LogP contribution in [-0.2, 0) is 27.5 Å². The van der Waals surface area contributed by atoms with Gasteiger partial charge in [0, 0.05) is 99.3 Å². The maximum Gasteiger partial charge on any atom is 0.317 e. The van der Waals surface area contributed by atoms with E-state index in [-0.39, 0.29) is 85.1 Å². The fourth-order valence-corrected chi connectivity index (χ4v) is 8.79. The second-order valence-corrected chi connectivity index (χ2v) is 15.3. The standard InChI is InChI=1S/C24H27I4N3O6S4.Bi/c25-14-5-15(26)22(39)12(21(14)38)7-30(10-19(34)35)3-1-29(9-18(32)33)2-4-31(11-20(36)37)8-13-23(40)16(27)6-17(28)24(13)41;/h5-6,38-41H,1-4,7-11H2,(H,32,33)(H,34,35)(H,36,37);. The number of hydrogen-bond acceptors (Lipinski definition) is 10. The van der Waals surface area contributed by atoms with E-state index in [9.17, 15) is 29.7 Å². The number of rotatable bonds is 16. The first-order valence-electron chi connectivity index (χ1n) is 11.7. The van der Waals surface area contributed by atoms with Crippen LogP contribution in [-0.4, -0.2) is 120 Å². The van der Waals surface area contributed by atoms with Gasteiger partial charge in [-0.2, -0.15) is 0 Å². The fraction of sp³-hybridized carbons (Fsp3) is 0.375. The van der Waals surface area contributed by atoms with Gasteiger partial charge in [-0.3, -0.25) is 29.1 Å². The second-order valence-electron chi connectivity index (χ2n) is 8.91. The summed E-state index contributed by atoms with van der Waals surface area (Å²) >= 11 is 27.1. The fourth-order valence-electron chi connectivity index (χ4n) is 3.88. The molecule has 3 N–H and O–H groups in total. The van der Waals surface area contributed by atoms with Gasteiger partial charge in [0.15, 0.2) is 0 Å². The van der Waals surface area contributed by atoms with E-state index in [1.807, 2.05) is 12.1 Å². The molecule has 42 heavy (non-hydrogen) atoms. The molecule has 2 aromatic carbocycles. The van der Waals surface area contributed by atoms with Crippen LogP contribution in [0.1, 0.15) is 11.1 Å². The van der Waals surface area contributed by atoms with Crippen molar-refractivity contribution in [1.82, 2.24) is 14.7 Å². The summed E-state index contributed by atoms with van der Waals surface area (Å²) in [7, 11) is 0. The van der Waals surface area contributed by atoms with E-state index >= 15 is 0 Å². The molecule has 0 aliphatic rings. The number of carbonyl (C=O) groups is 3. The van der Waals surface area contributed by atoms with Crippen LogP contribution in [0.25, 0.3) is 0 Å². The summed E-state index contributed by atoms with van der Waals surface area (Å²) in [6.45, 7) is 0.770. The van der Waals surface area contributed by atoms with E-state index in [1.165, 1.54) is 0 Å². The van der Waals surface area contributed by atoms with E-state index in [2.05, 4.69) is 141 Å². The second kappa shape index (κ2) is 20.3. The summed E-state index contributed by atoms with van der Waals surface area (Å²) < 4.78 is 3.67. The van der Waals surface area contributed by atoms with Crippen LogP contribution in [0.4, 0.5) is 0 Å². The molecule has 9 nitrogen and oxygen atoms in total. The Kier molecular flexibility index (Phi) is 20.3. The minimum Gasteiger partial charge on any atom is -0.480 e. The van der Waals surface area contributed by atoms with E-state index in [1.54, 1.807) is 14.7 Å². The summed E-state index contributed by atoms with van der Waals surface area (Å²) in [5, 5.41) is 28.6. The Morgan fingerprint density at radius 3 is 1.05 bits per heavy atom. The van der Waals surface area contributed by atoms with Crippen LogP contribution in [0.3, 0.4) is 0 Å². The van der Waals surface area contributed by atoms with Crippen LogP contribution >= 0.6 is 141 Å². The average molecular weight is 1300 g/mol. The van der Waals surface area contributed by atoms with Gasteiger partial charge in [0.1, 0.15) is 0 Å². The number of carboxylic acids is 3. The summed E-state index contributed by atoms with van der Waals surface area (Å²) in [4.78, 5) is 42.9. The Hall–Kier alpha value is 1.93. The third-order valence-corrected chi connectivity index (χ3v) is 13.0. The van der Waals surface area contributed by atoms with Crippen LogP contribution in [0, 0.1) is 14.3 Å². The van der Waals surface area contributed by atoms with E-state index < -0.39 is 17.9 Å². The van der Waals surface area contributed by atoms with Crippen molar-refractivity contribution in [2.24, 2.45) is 0 Å². The molecule has 0 aliphatic heterocycles. The Morgan fingerprint density at radius 2 is 0.786 bits per heavy atom. The Balaban J connectivity index is 0.00000882. The predicted octanol–water partition coefficient (Wildman–Crippen LogP) is 4.74. The third-order valence-electron chi connectivity index (χ3n) is 5.86. The van der Waals surface area contributed by atoms with Gasteiger partial charge < -0.3 is 15.3 Å². The molecular weight excluding hydrogens is 1270 g/mol. The summed E-state index contributed by atoms with van der Waals surface area (Å²) in [6, 6.07) is 3.89. The molecule has 18 heteroatoms. The number of halogens is 4. The molecule has 0 bridgehead atoms. The molecular formula is C24H27BiI4N3O6S4. The zero-order valence-corrected chi connectivity index (χ0v) is 37.4. The zero-order valence-electron chi connectivity index (χ0n) is 21.7.